The molecule has 0 radical (unpaired) electrons. The number of ketones is 1. The summed E-state index contributed by atoms with van der Waals surface area (Å²) >= 11 is 0. The van der Waals surface area contributed by atoms with E-state index in [0.29, 0.717) is 0 Å². The lowest BCUT2D eigenvalue weighted by Gasteiger charge is -2.44. The van der Waals surface area contributed by atoms with Crippen LogP contribution in [0.4, 0.5) is 0 Å². The molecule has 1 N–H and O–H groups in total. The molecular formula is C39H53NO12. The fourth-order valence-electron chi connectivity index (χ4n) is 6.65. The second kappa shape index (κ2) is 17.0. The zero-order valence-electron chi connectivity index (χ0n) is 31.7. The van der Waals surface area contributed by atoms with E-state index in [2.05, 4.69) is 11.6 Å². The van der Waals surface area contributed by atoms with Crippen LogP contribution >= 0.6 is 0 Å². The molecule has 9 unspecified atom stereocenters. The maximum atomic E-state index is 14.4. The van der Waals surface area contributed by atoms with Gasteiger partial charge in [-0.15, -0.1) is 0 Å². The number of fused-ring (bicyclic) bond motifs is 1. The molecule has 1 aromatic heterocycles. The molecule has 3 rings (SSSR count). The summed E-state index contributed by atoms with van der Waals surface area (Å²) in [7, 11) is 0. The standard InChI is InChI=1S/C39H53NO12/c1-12-27(42)49-29-23(7)18-39(47)28(29)30(48-25(9)41)24(8)31(50-35(44)20(2)3)32(51-36(45)21(4)5)34(38(10,11)16-15-22(6)33(39)43)52-37(46)26-14-13-17-40-19-26/h13-17,19-23,28-32,34,47H,8,12,18H2,1-7,9-11H3. The summed E-state index contributed by atoms with van der Waals surface area (Å²) < 4.78 is 30.0. The van der Waals surface area contributed by atoms with E-state index in [1.807, 2.05) is 0 Å². The van der Waals surface area contributed by atoms with Crippen molar-refractivity contribution in [3.8, 4) is 0 Å². The van der Waals surface area contributed by atoms with E-state index in [4.69, 9.17) is 23.7 Å². The van der Waals surface area contributed by atoms with Crippen LogP contribution in [0.1, 0.15) is 92.4 Å². The quantitative estimate of drug-likeness (QED) is 0.209. The first-order valence-electron chi connectivity index (χ1n) is 17.7. The Kier molecular flexibility index (Phi) is 13.7. The molecule has 1 fully saturated rings. The molecule has 0 amide bonds. The number of nitrogens with zero attached hydrogens (tertiary/aromatic N) is 1. The van der Waals surface area contributed by atoms with E-state index in [1.54, 1.807) is 68.4 Å². The van der Waals surface area contributed by atoms with Crippen LogP contribution in [0.25, 0.3) is 0 Å². The Balaban J connectivity index is 2.46. The van der Waals surface area contributed by atoms with Crippen molar-refractivity contribution >= 4 is 35.6 Å². The largest absolute Gasteiger partial charge is 0.461 e. The Bertz CT molecular complexity index is 1550. The van der Waals surface area contributed by atoms with Gasteiger partial charge in [0.25, 0.3) is 0 Å². The first kappa shape index (κ1) is 42.0. The lowest BCUT2D eigenvalue weighted by Crippen LogP contribution is -2.58. The molecule has 9 atom stereocenters. The van der Waals surface area contributed by atoms with Crippen molar-refractivity contribution < 1.29 is 57.6 Å². The van der Waals surface area contributed by atoms with E-state index < -0.39 is 107 Å². The zero-order valence-corrected chi connectivity index (χ0v) is 31.7. The van der Waals surface area contributed by atoms with E-state index in [0.717, 1.165) is 6.92 Å². The third-order valence-electron chi connectivity index (χ3n) is 9.56. The molecule has 0 aromatic carbocycles. The Labute approximate surface area is 305 Å². The van der Waals surface area contributed by atoms with Gasteiger partial charge in [0.05, 0.1) is 23.3 Å². The maximum Gasteiger partial charge on any atom is 0.340 e. The van der Waals surface area contributed by atoms with Gasteiger partial charge in [0.15, 0.2) is 24.1 Å². The monoisotopic (exact) mass is 727 g/mol. The van der Waals surface area contributed by atoms with Crippen LogP contribution in [0.15, 0.2) is 48.8 Å². The van der Waals surface area contributed by atoms with Gasteiger partial charge >= 0.3 is 29.8 Å². The average molecular weight is 728 g/mol. The summed E-state index contributed by atoms with van der Waals surface area (Å²) in [4.78, 5) is 84.8. The lowest BCUT2D eigenvalue weighted by molar-refractivity contribution is -0.188. The van der Waals surface area contributed by atoms with Gasteiger partial charge in [0, 0.05) is 42.6 Å². The molecule has 1 heterocycles. The number of Topliss-reactive ketones (excluding diaryl/α,β-unsaturated/α-hetero) is 1. The molecule has 1 aromatic rings. The number of aromatic nitrogens is 1. The van der Waals surface area contributed by atoms with Gasteiger partial charge in [-0.25, -0.2) is 4.79 Å². The van der Waals surface area contributed by atoms with E-state index in [9.17, 15) is 33.9 Å². The molecule has 2 aliphatic rings. The van der Waals surface area contributed by atoms with Gasteiger partial charge in [-0.3, -0.25) is 29.0 Å². The number of hydrogen-bond donors (Lipinski definition) is 1. The minimum absolute atomic E-state index is 0.0262. The Morgan fingerprint density at radius 2 is 1.56 bits per heavy atom. The Hall–Kier alpha value is -4.39. The fourth-order valence-corrected chi connectivity index (χ4v) is 6.65. The smallest absolute Gasteiger partial charge is 0.340 e. The van der Waals surface area contributed by atoms with Crippen molar-refractivity contribution in [2.24, 2.45) is 35.0 Å². The fraction of sp³-hybridized carbons (Fsp3) is 0.615. The van der Waals surface area contributed by atoms with E-state index in [1.165, 1.54) is 30.6 Å². The summed E-state index contributed by atoms with van der Waals surface area (Å²) in [6.45, 7) is 19.8. The number of hydrogen-bond acceptors (Lipinski definition) is 13. The van der Waals surface area contributed by atoms with Crippen LogP contribution in [-0.2, 0) is 47.7 Å². The highest BCUT2D eigenvalue weighted by Crippen LogP contribution is 2.49. The number of aliphatic hydroxyl groups is 1. The number of allylic oxidation sites excluding steroid dienone is 1. The Morgan fingerprint density at radius 3 is 2.10 bits per heavy atom. The number of ether oxygens (including phenoxy) is 5. The average Bonchev–Trinajstić information content (AvgIpc) is 3.33. The molecule has 2 aliphatic carbocycles. The predicted octanol–water partition coefficient (Wildman–Crippen LogP) is 4.74. The van der Waals surface area contributed by atoms with Crippen LogP contribution in [0, 0.1) is 35.0 Å². The minimum Gasteiger partial charge on any atom is -0.461 e. The number of carbonyl (C=O) groups is 6. The van der Waals surface area contributed by atoms with Gasteiger partial charge in [-0.2, -0.15) is 0 Å². The molecule has 13 heteroatoms. The molecular weight excluding hydrogens is 674 g/mol. The number of rotatable bonds is 9. The van der Waals surface area contributed by atoms with E-state index >= 15 is 0 Å². The number of carbonyl (C=O) groups excluding carboxylic acids is 6. The highest BCUT2D eigenvalue weighted by molar-refractivity contribution is 5.92. The molecule has 1 saturated carbocycles. The SMILES string of the molecule is C=C1C(OC(=O)C(C)C)C(OC(=O)C(C)C)C(OC(=O)c2cccnc2)C(C)(C)C=CC(C)C(=O)C2(O)CC(C)C(OC(=O)CC)C2C1OC(C)=O. The predicted molar refractivity (Wildman–Crippen MR) is 187 cm³/mol. The van der Waals surface area contributed by atoms with Crippen LogP contribution in [-0.4, -0.2) is 81.8 Å². The normalized spacial score (nSPS) is 30.4. The first-order valence-corrected chi connectivity index (χ1v) is 17.7. The number of pyridine rings is 1. The van der Waals surface area contributed by atoms with Gasteiger partial charge in [-0.1, -0.05) is 81.0 Å². The molecule has 52 heavy (non-hydrogen) atoms. The van der Waals surface area contributed by atoms with Crippen molar-refractivity contribution in [1.82, 2.24) is 4.98 Å². The van der Waals surface area contributed by atoms with Crippen LogP contribution in [0.3, 0.4) is 0 Å². The second-order valence-corrected chi connectivity index (χ2v) is 15.0. The number of esters is 5. The van der Waals surface area contributed by atoms with Crippen molar-refractivity contribution in [2.45, 2.75) is 118 Å². The van der Waals surface area contributed by atoms with Crippen LogP contribution in [0.2, 0.25) is 0 Å². The lowest BCUT2D eigenvalue weighted by atomic mass is 9.72. The van der Waals surface area contributed by atoms with Crippen LogP contribution < -0.4 is 0 Å². The minimum atomic E-state index is -2.24. The summed E-state index contributed by atoms with van der Waals surface area (Å²) in [5.74, 6) is -8.95. The molecule has 286 valence electrons. The van der Waals surface area contributed by atoms with Gasteiger partial charge in [0.1, 0.15) is 17.8 Å². The van der Waals surface area contributed by atoms with Gasteiger partial charge in [-0.05, 0) is 24.5 Å². The van der Waals surface area contributed by atoms with Crippen LogP contribution in [0.5, 0.6) is 0 Å². The third kappa shape index (κ3) is 9.33. The molecule has 0 bridgehead atoms. The summed E-state index contributed by atoms with van der Waals surface area (Å²) in [5.41, 5.74) is -3.64. The third-order valence-corrected chi connectivity index (χ3v) is 9.56. The second-order valence-electron chi connectivity index (χ2n) is 15.0. The summed E-state index contributed by atoms with van der Waals surface area (Å²) in [6, 6.07) is 3.02. The van der Waals surface area contributed by atoms with Crippen molar-refractivity contribution in [2.75, 3.05) is 0 Å². The first-order chi connectivity index (χ1) is 24.2. The topological polar surface area (TPSA) is 182 Å². The molecule has 0 saturated heterocycles. The molecule has 0 aliphatic heterocycles. The van der Waals surface area contributed by atoms with E-state index in [-0.39, 0.29) is 24.0 Å². The Morgan fingerprint density at radius 1 is 0.942 bits per heavy atom. The summed E-state index contributed by atoms with van der Waals surface area (Å²) in [6.07, 6.45) is -1.87. The highest BCUT2D eigenvalue weighted by atomic mass is 16.6. The van der Waals surface area contributed by atoms with Gasteiger partial charge in [0.2, 0.25) is 0 Å². The molecule has 0 spiro atoms. The highest BCUT2D eigenvalue weighted by Gasteiger charge is 2.63. The zero-order chi connectivity index (χ0) is 39.3. The van der Waals surface area contributed by atoms with Crippen molar-refractivity contribution in [3.63, 3.8) is 0 Å². The van der Waals surface area contributed by atoms with Crippen molar-refractivity contribution in [1.29, 1.82) is 0 Å². The molecule has 13 nitrogen and oxygen atoms in total. The van der Waals surface area contributed by atoms with Crippen molar-refractivity contribution in [3.05, 3.63) is 54.4 Å². The summed E-state index contributed by atoms with van der Waals surface area (Å²) in [5, 5.41) is 12.5. The van der Waals surface area contributed by atoms with Gasteiger partial charge < -0.3 is 28.8 Å². The maximum absolute atomic E-state index is 14.4.